The number of carbonyl (C=O) groups is 1. The van der Waals surface area contributed by atoms with E-state index in [0.717, 1.165) is 12.1 Å². The van der Waals surface area contributed by atoms with Crippen LogP contribution in [0.25, 0.3) is 10.6 Å². The zero-order valence-corrected chi connectivity index (χ0v) is 18.7. The Hall–Kier alpha value is -2.69. The number of aromatic nitrogens is 1. The van der Waals surface area contributed by atoms with Crippen molar-refractivity contribution in [2.24, 2.45) is 0 Å². The van der Waals surface area contributed by atoms with E-state index in [1.807, 2.05) is 0 Å². The summed E-state index contributed by atoms with van der Waals surface area (Å²) in [6.45, 7) is 3.49. The van der Waals surface area contributed by atoms with Crippen LogP contribution in [0.2, 0.25) is 0 Å². The van der Waals surface area contributed by atoms with Gasteiger partial charge in [-0.3, -0.25) is 0 Å². The fourth-order valence-corrected chi connectivity index (χ4v) is 4.93. The van der Waals surface area contributed by atoms with Crippen molar-refractivity contribution in [2.45, 2.75) is 25.2 Å². The molecule has 3 rings (SSSR count). The van der Waals surface area contributed by atoms with Crippen molar-refractivity contribution in [3.8, 4) is 10.6 Å². The smallest absolute Gasteiger partial charge is 0.338 e. The minimum absolute atomic E-state index is 0.0386. The maximum atomic E-state index is 13.9. The molecule has 10 heteroatoms. The molecule has 6 nitrogen and oxygen atoms in total. The summed E-state index contributed by atoms with van der Waals surface area (Å²) < 4.78 is 59.6. The van der Waals surface area contributed by atoms with Crippen LogP contribution in [0.4, 0.5) is 8.78 Å². The second-order valence-corrected chi connectivity index (χ2v) is 9.45. The summed E-state index contributed by atoms with van der Waals surface area (Å²) in [5.41, 5.74) is 2.24. The largest absolute Gasteiger partial charge is 0.465 e. The van der Waals surface area contributed by atoms with Crippen molar-refractivity contribution in [2.75, 3.05) is 13.7 Å². The molecule has 1 aromatic heterocycles. The molecule has 0 unspecified atom stereocenters. The standard InChI is InChI=1S/C21H20F2N2O4S2/c1-12-8-16(10-18(13(12)2)21(26)29-3)31(27,28)24-7-6-15-11-30-20(25-15)17-5-4-14(22)9-19(17)23/h4-5,8-11,24H,6-7H2,1-3H3. The molecule has 2 aromatic carbocycles. The van der Waals surface area contributed by atoms with E-state index in [0.29, 0.717) is 21.8 Å². The number of hydrogen-bond acceptors (Lipinski definition) is 6. The van der Waals surface area contributed by atoms with Gasteiger partial charge >= 0.3 is 5.97 Å². The monoisotopic (exact) mass is 466 g/mol. The third-order valence-corrected chi connectivity index (χ3v) is 7.11. The number of ether oxygens (including phenoxy) is 1. The van der Waals surface area contributed by atoms with Gasteiger partial charge in [-0.2, -0.15) is 0 Å². The highest BCUT2D eigenvalue weighted by atomic mass is 32.2. The summed E-state index contributed by atoms with van der Waals surface area (Å²) >= 11 is 1.19. The van der Waals surface area contributed by atoms with Crippen LogP contribution in [0.3, 0.4) is 0 Å². The van der Waals surface area contributed by atoms with Crippen LogP contribution in [0.1, 0.15) is 27.2 Å². The quantitative estimate of drug-likeness (QED) is 0.532. The average Bonchev–Trinajstić information content (AvgIpc) is 3.17. The van der Waals surface area contributed by atoms with Crippen molar-refractivity contribution in [1.29, 1.82) is 0 Å². The first-order valence-electron chi connectivity index (χ1n) is 9.21. The molecule has 0 aliphatic heterocycles. The number of esters is 1. The lowest BCUT2D eigenvalue weighted by atomic mass is 10.0. The number of methoxy groups -OCH3 is 1. The van der Waals surface area contributed by atoms with Gasteiger partial charge in [0.25, 0.3) is 0 Å². The Kier molecular flexibility index (Phi) is 6.83. The molecule has 164 valence electrons. The van der Waals surface area contributed by atoms with E-state index in [1.54, 1.807) is 19.2 Å². The van der Waals surface area contributed by atoms with Crippen molar-refractivity contribution < 1.29 is 26.7 Å². The first kappa shape index (κ1) is 23.0. The van der Waals surface area contributed by atoms with Gasteiger partial charge in [-0.25, -0.2) is 31.7 Å². The Morgan fingerprint density at radius 1 is 1.19 bits per heavy atom. The molecule has 0 bridgehead atoms. The highest BCUT2D eigenvalue weighted by Crippen LogP contribution is 2.27. The van der Waals surface area contributed by atoms with Crippen LogP contribution in [-0.2, 0) is 21.2 Å². The van der Waals surface area contributed by atoms with Gasteiger partial charge in [0.2, 0.25) is 10.0 Å². The molecule has 0 radical (unpaired) electrons. The van der Waals surface area contributed by atoms with Gasteiger partial charge in [-0.1, -0.05) is 0 Å². The number of benzene rings is 2. The summed E-state index contributed by atoms with van der Waals surface area (Å²) in [6, 6.07) is 6.03. The number of hydrogen-bond donors (Lipinski definition) is 1. The maximum Gasteiger partial charge on any atom is 0.338 e. The van der Waals surface area contributed by atoms with Crippen LogP contribution < -0.4 is 4.72 Å². The second kappa shape index (κ2) is 9.21. The van der Waals surface area contributed by atoms with Gasteiger partial charge < -0.3 is 4.74 Å². The molecule has 3 aromatic rings. The molecule has 0 atom stereocenters. The molecular formula is C21H20F2N2O4S2. The molecule has 31 heavy (non-hydrogen) atoms. The second-order valence-electron chi connectivity index (χ2n) is 6.82. The Morgan fingerprint density at radius 2 is 1.94 bits per heavy atom. The molecule has 0 amide bonds. The molecule has 0 saturated heterocycles. The molecule has 0 fully saturated rings. The zero-order chi connectivity index (χ0) is 22.8. The number of nitrogens with one attached hydrogen (secondary N) is 1. The van der Waals surface area contributed by atoms with Gasteiger partial charge in [0.05, 0.1) is 23.3 Å². The molecule has 0 spiro atoms. The Bertz CT molecular complexity index is 1240. The van der Waals surface area contributed by atoms with Crippen LogP contribution in [-0.4, -0.2) is 33.0 Å². The molecular weight excluding hydrogens is 446 g/mol. The lowest BCUT2D eigenvalue weighted by molar-refractivity contribution is 0.0599. The van der Waals surface area contributed by atoms with Gasteiger partial charge in [-0.05, 0) is 49.2 Å². The van der Waals surface area contributed by atoms with E-state index < -0.39 is 27.6 Å². The fraction of sp³-hybridized carbons (Fsp3) is 0.238. The highest BCUT2D eigenvalue weighted by Gasteiger charge is 2.20. The van der Waals surface area contributed by atoms with Crippen LogP contribution in [0, 0.1) is 25.5 Å². The van der Waals surface area contributed by atoms with Gasteiger partial charge in [0, 0.05) is 30.0 Å². The molecule has 1 N–H and O–H groups in total. The third kappa shape index (κ3) is 5.15. The predicted octanol–water partition coefficient (Wildman–Crippen LogP) is 4.01. The zero-order valence-electron chi connectivity index (χ0n) is 17.0. The fourth-order valence-electron chi connectivity index (χ4n) is 2.91. The summed E-state index contributed by atoms with van der Waals surface area (Å²) in [5.74, 6) is -1.99. The Balaban J connectivity index is 1.71. The Labute approximate surface area is 183 Å². The lowest BCUT2D eigenvalue weighted by Crippen LogP contribution is -2.26. The average molecular weight is 467 g/mol. The Morgan fingerprint density at radius 3 is 2.61 bits per heavy atom. The van der Waals surface area contributed by atoms with E-state index in [2.05, 4.69) is 9.71 Å². The number of rotatable bonds is 7. The number of carbonyl (C=O) groups excluding carboxylic acids is 1. The third-order valence-electron chi connectivity index (χ3n) is 4.74. The predicted molar refractivity (Wildman–Crippen MR) is 114 cm³/mol. The first-order chi connectivity index (χ1) is 14.6. The van der Waals surface area contributed by atoms with E-state index in [9.17, 15) is 22.0 Å². The van der Waals surface area contributed by atoms with Gasteiger partial charge in [-0.15, -0.1) is 11.3 Å². The van der Waals surface area contributed by atoms with Gasteiger partial charge in [0.15, 0.2) is 0 Å². The topological polar surface area (TPSA) is 85.4 Å². The molecule has 0 saturated carbocycles. The first-order valence-corrected chi connectivity index (χ1v) is 11.6. The number of aryl methyl sites for hydroxylation is 1. The number of halogens is 2. The van der Waals surface area contributed by atoms with E-state index >= 15 is 0 Å². The van der Waals surface area contributed by atoms with Crippen molar-refractivity contribution >= 4 is 27.3 Å². The van der Waals surface area contributed by atoms with E-state index in [1.165, 1.54) is 36.6 Å². The normalized spacial score (nSPS) is 11.5. The van der Waals surface area contributed by atoms with Crippen molar-refractivity contribution in [3.63, 3.8) is 0 Å². The van der Waals surface area contributed by atoms with E-state index in [4.69, 9.17) is 4.74 Å². The highest BCUT2D eigenvalue weighted by molar-refractivity contribution is 7.89. The minimum atomic E-state index is -3.87. The molecule has 0 aliphatic carbocycles. The SMILES string of the molecule is COC(=O)c1cc(S(=O)(=O)NCCc2csc(-c3ccc(F)cc3F)n2)cc(C)c1C. The number of thiazole rings is 1. The maximum absolute atomic E-state index is 13.9. The lowest BCUT2D eigenvalue weighted by Gasteiger charge is -2.12. The van der Waals surface area contributed by atoms with Crippen LogP contribution in [0.5, 0.6) is 0 Å². The van der Waals surface area contributed by atoms with Crippen LogP contribution >= 0.6 is 11.3 Å². The summed E-state index contributed by atoms with van der Waals surface area (Å²) in [6.07, 6.45) is 0.271. The summed E-state index contributed by atoms with van der Waals surface area (Å²) in [4.78, 5) is 16.2. The minimum Gasteiger partial charge on any atom is -0.465 e. The van der Waals surface area contributed by atoms with Crippen molar-refractivity contribution in [3.05, 3.63) is 69.7 Å². The van der Waals surface area contributed by atoms with Crippen LogP contribution in [0.15, 0.2) is 40.6 Å². The summed E-state index contributed by atoms with van der Waals surface area (Å²) in [7, 11) is -2.64. The van der Waals surface area contributed by atoms with E-state index in [-0.39, 0.29) is 29.0 Å². The van der Waals surface area contributed by atoms with Gasteiger partial charge in [0.1, 0.15) is 16.6 Å². The number of sulfonamides is 1. The number of nitrogens with zero attached hydrogens (tertiary/aromatic N) is 1. The van der Waals surface area contributed by atoms with Crippen molar-refractivity contribution in [1.82, 2.24) is 9.71 Å². The molecule has 0 aliphatic rings. The summed E-state index contributed by atoms with van der Waals surface area (Å²) in [5, 5.41) is 2.07. The molecule has 1 heterocycles.